The van der Waals surface area contributed by atoms with Gasteiger partial charge < -0.3 is 16.4 Å². The van der Waals surface area contributed by atoms with Gasteiger partial charge in [0.1, 0.15) is 0 Å². The van der Waals surface area contributed by atoms with Crippen molar-refractivity contribution in [2.24, 2.45) is 17.4 Å². The normalized spacial score (nSPS) is 17.1. The summed E-state index contributed by atoms with van der Waals surface area (Å²) in [5.74, 6) is 0.490. The number of aromatic nitrogens is 2. The lowest BCUT2D eigenvalue weighted by molar-refractivity contribution is -0.122. The molecule has 0 spiro atoms. The van der Waals surface area contributed by atoms with Gasteiger partial charge in [0.2, 0.25) is 11.9 Å². The molecule has 1 saturated heterocycles. The van der Waals surface area contributed by atoms with Crippen molar-refractivity contribution >= 4 is 11.9 Å². The van der Waals surface area contributed by atoms with Gasteiger partial charge in [-0.05, 0) is 12.8 Å². The third kappa shape index (κ3) is 2.71. The van der Waals surface area contributed by atoms with E-state index in [1.54, 1.807) is 12.4 Å². The van der Waals surface area contributed by atoms with Gasteiger partial charge in [-0.15, -0.1) is 0 Å². The average molecular weight is 235 g/mol. The molecule has 1 aliphatic rings. The molecule has 0 unspecified atom stereocenters. The molecule has 2 heterocycles. The minimum Gasteiger partial charge on any atom is -0.369 e. The highest BCUT2D eigenvalue weighted by molar-refractivity contribution is 5.76. The van der Waals surface area contributed by atoms with E-state index < -0.39 is 0 Å². The van der Waals surface area contributed by atoms with E-state index in [1.807, 2.05) is 0 Å². The van der Waals surface area contributed by atoms with E-state index in [0.29, 0.717) is 12.5 Å². The molecule has 1 aliphatic heterocycles. The van der Waals surface area contributed by atoms with E-state index in [1.165, 1.54) is 0 Å². The number of nitrogens with zero attached hydrogens (tertiary/aromatic N) is 3. The largest absolute Gasteiger partial charge is 0.369 e. The summed E-state index contributed by atoms with van der Waals surface area (Å²) in [5.41, 5.74) is 11.7. The van der Waals surface area contributed by atoms with Crippen molar-refractivity contribution in [3.05, 3.63) is 18.0 Å². The molecule has 0 aliphatic carbocycles. The van der Waals surface area contributed by atoms with E-state index in [2.05, 4.69) is 14.9 Å². The van der Waals surface area contributed by atoms with Gasteiger partial charge in [-0.1, -0.05) is 0 Å². The highest BCUT2D eigenvalue weighted by atomic mass is 16.1. The van der Waals surface area contributed by atoms with Crippen LogP contribution in [0.3, 0.4) is 0 Å². The van der Waals surface area contributed by atoms with Crippen molar-refractivity contribution in [3.8, 4) is 0 Å². The zero-order chi connectivity index (χ0) is 12.3. The topological polar surface area (TPSA) is 98.1 Å². The van der Waals surface area contributed by atoms with Crippen LogP contribution in [-0.4, -0.2) is 29.0 Å². The average Bonchev–Trinajstić information content (AvgIpc) is 2.39. The summed E-state index contributed by atoms with van der Waals surface area (Å²) in [6.07, 6.45) is 5.03. The molecule has 0 bridgehead atoms. The quantitative estimate of drug-likeness (QED) is 0.745. The maximum absolute atomic E-state index is 11.0. The van der Waals surface area contributed by atoms with Crippen LogP contribution in [0.1, 0.15) is 18.4 Å². The second-order valence-electron chi connectivity index (χ2n) is 4.26. The molecular weight excluding hydrogens is 218 g/mol. The Kier molecular flexibility index (Phi) is 3.53. The third-order valence-corrected chi connectivity index (χ3v) is 3.11. The van der Waals surface area contributed by atoms with Crippen molar-refractivity contribution in [2.75, 3.05) is 18.0 Å². The fourth-order valence-electron chi connectivity index (χ4n) is 1.98. The second-order valence-corrected chi connectivity index (χ2v) is 4.26. The summed E-state index contributed by atoms with van der Waals surface area (Å²) in [6.45, 7) is 2.00. The fraction of sp³-hybridized carbons (Fsp3) is 0.545. The number of carbonyl (C=O) groups excluding carboxylic acids is 1. The first-order valence-electron chi connectivity index (χ1n) is 5.76. The molecule has 1 aromatic heterocycles. The van der Waals surface area contributed by atoms with E-state index in [-0.39, 0.29) is 11.8 Å². The smallest absolute Gasteiger partial charge is 0.225 e. The number of rotatable bonds is 3. The molecule has 0 atom stereocenters. The zero-order valence-electron chi connectivity index (χ0n) is 9.67. The van der Waals surface area contributed by atoms with Crippen LogP contribution in [0.4, 0.5) is 5.95 Å². The van der Waals surface area contributed by atoms with Gasteiger partial charge in [-0.2, -0.15) is 0 Å². The molecule has 0 saturated carbocycles. The predicted octanol–water partition coefficient (Wildman–Crippen LogP) is -0.363. The van der Waals surface area contributed by atoms with E-state index in [0.717, 1.165) is 31.5 Å². The van der Waals surface area contributed by atoms with Crippen LogP contribution >= 0.6 is 0 Å². The summed E-state index contributed by atoms with van der Waals surface area (Å²) in [6, 6.07) is 0. The van der Waals surface area contributed by atoms with E-state index >= 15 is 0 Å². The molecule has 1 aromatic rings. The molecule has 4 N–H and O–H groups in total. The maximum Gasteiger partial charge on any atom is 0.225 e. The molecule has 1 fully saturated rings. The first-order chi connectivity index (χ1) is 8.20. The van der Waals surface area contributed by atoms with Crippen molar-refractivity contribution in [1.82, 2.24) is 9.97 Å². The number of piperidine rings is 1. The van der Waals surface area contributed by atoms with Crippen molar-refractivity contribution < 1.29 is 4.79 Å². The van der Waals surface area contributed by atoms with Crippen molar-refractivity contribution in [1.29, 1.82) is 0 Å². The Morgan fingerprint density at radius 3 is 2.41 bits per heavy atom. The molecule has 1 amide bonds. The highest BCUT2D eigenvalue weighted by Crippen LogP contribution is 2.19. The summed E-state index contributed by atoms with van der Waals surface area (Å²) >= 11 is 0. The van der Waals surface area contributed by atoms with Gasteiger partial charge in [-0.25, -0.2) is 9.97 Å². The number of hydrogen-bond acceptors (Lipinski definition) is 5. The Labute approximate surface area is 100 Å². The van der Waals surface area contributed by atoms with Gasteiger partial charge in [0.05, 0.1) is 0 Å². The molecule has 17 heavy (non-hydrogen) atoms. The fourth-order valence-corrected chi connectivity index (χ4v) is 1.98. The lowest BCUT2D eigenvalue weighted by Gasteiger charge is -2.30. The number of anilines is 1. The number of nitrogens with two attached hydrogens (primary N) is 2. The van der Waals surface area contributed by atoms with Crippen molar-refractivity contribution in [2.45, 2.75) is 19.4 Å². The minimum absolute atomic E-state index is 0.00503. The first-order valence-corrected chi connectivity index (χ1v) is 5.76. The molecule has 0 aromatic carbocycles. The van der Waals surface area contributed by atoms with Gasteiger partial charge in [-0.3, -0.25) is 4.79 Å². The van der Waals surface area contributed by atoms with Gasteiger partial charge in [0.25, 0.3) is 0 Å². The molecule has 6 heteroatoms. The van der Waals surface area contributed by atoms with Crippen LogP contribution < -0.4 is 16.4 Å². The third-order valence-electron chi connectivity index (χ3n) is 3.11. The van der Waals surface area contributed by atoms with Gasteiger partial charge in [0, 0.05) is 43.5 Å². The Morgan fingerprint density at radius 2 is 1.94 bits per heavy atom. The Balaban J connectivity index is 1.97. The molecule has 2 rings (SSSR count). The van der Waals surface area contributed by atoms with Crippen LogP contribution in [0.5, 0.6) is 0 Å². The van der Waals surface area contributed by atoms with Gasteiger partial charge in [0.15, 0.2) is 0 Å². The van der Waals surface area contributed by atoms with Gasteiger partial charge >= 0.3 is 0 Å². The molecular formula is C11H17N5O. The minimum atomic E-state index is -0.205. The van der Waals surface area contributed by atoms with Crippen LogP contribution in [0, 0.1) is 5.92 Å². The van der Waals surface area contributed by atoms with E-state index in [9.17, 15) is 4.79 Å². The summed E-state index contributed by atoms with van der Waals surface area (Å²) < 4.78 is 0. The van der Waals surface area contributed by atoms with Crippen LogP contribution in [0.15, 0.2) is 12.4 Å². The van der Waals surface area contributed by atoms with Crippen molar-refractivity contribution in [3.63, 3.8) is 0 Å². The standard InChI is InChI=1S/C11H17N5O/c12-5-8-6-14-11(15-7-8)16-3-1-9(2-4-16)10(13)17/h6-7,9H,1-5,12H2,(H2,13,17). The summed E-state index contributed by atoms with van der Waals surface area (Å²) in [4.78, 5) is 21.6. The second kappa shape index (κ2) is 5.09. The first kappa shape index (κ1) is 11.8. The van der Waals surface area contributed by atoms with Crippen LogP contribution in [-0.2, 0) is 11.3 Å². The van der Waals surface area contributed by atoms with Crippen LogP contribution in [0.2, 0.25) is 0 Å². The van der Waals surface area contributed by atoms with E-state index in [4.69, 9.17) is 11.5 Å². The number of carbonyl (C=O) groups is 1. The van der Waals surface area contributed by atoms with Crippen LogP contribution in [0.25, 0.3) is 0 Å². The predicted molar refractivity (Wildman–Crippen MR) is 64.1 cm³/mol. The summed E-state index contributed by atoms with van der Waals surface area (Å²) in [7, 11) is 0. The number of hydrogen-bond donors (Lipinski definition) is 2. The molecule has 92 valence electrons. The number of primary amides is 1. The molecule has 0 radical (unpaired) electrons. The number of amides is 1. The Morgan fingerprint density at radius 1 is 1.35 bits per heavy atom. The Bertz CT molecular complexity index is 383. The zero-order valence-corrected chi connectivity index (χ0v) is 9.67. The maximum atomic E-state index is 11.0. The highest BCUT2D eigenvalue weighted by Gasteiger charge is 2.24. The lowest BCUT2D eigenvalue weighted by Crippen LogP contribution is -2.39. The monoisotopic (exact) mass is 235 g/mol. The summed E-state index contributed by atoms with van der Waals surface area (Å²) in [5, 5.41) is 0. The Hall–Kier alpha value is -1.69. The lowest BCUT2D eigenvalue weighted by atomic mass is 9.96. The SMILES string of the molecule is NCc1cnc(N2CCC(C(N)=O)CC2)nc1. The molecule has 6 nitrogen and oxygen atoms in total.